The summed E-state index contributed by atoms with van der Waals surface area (Å²) >= 11 is 4.72. The van der Waals surface area contributed by atoms with Gasteiger partial charge in [0, 0.05) is 11.8 Å². The predicted octanol–water partition coefficient (Wildman–Crippen LogP) is 3.50. The smallest absolute Gasteiger partial charge is 0.137 e. The van der Waals surface area contributed by atoms with Gasteiger partial charge in [-0.15, -0.1) is 11.3 Å². The summed E-state index contributed by atoms with van der Waals surface area (Å²) in [5.74, 6) is -0.289. The van der Waals surface area contributed by atoms with Gasteiger partial charge in [-0.3, -0.25) is 0 Å². The average molecular weight is 330 g/mol. The SMILES string of the molecule is Cc1nc(CC(O)Cc2ccc(F)c(Br)c2)cs1. The molecule has 0 spiro atoms. The lowest BCUT2D eigenvalue weighted by atomic mass is 10.0. The lowest BCUT2D eigenvalue weighted by Gasteiger charge is -2.09. The highest BCUT2D eigenvalue weighted by atomic mass is 79.9. The van der Waals surface area contributed by atoms with E-state index in [1.807, 2.05) is 12.3 Å². The molecule has 2 rings (SSSR count). The van der Waals surface area contributed by atoms with Crippen molar-refractivity contribution in [2.45, 2.75) is 25.9 Å². The van der Waals surface area contributed by atoms with Crippen LogP contribution in [-0.4, -0.2) is 16.2 Å². The second-order valence-corrected chi connectivity index (χ2v) is 6.08. The molecule has 0 aliphatic heterocycles. The standard InChI is InChI=1S/C13H13BrFNOS/c1-8-16-10(7-18-8)6-11(17)4-9-2-3-13(15)12(14)5-9/h2-3,5,7,11,17H,4,6H2,1H3. The van der Waals surface area contributed by atoms with Crippen LogP contribution >= 0.6 is 27.3 Å². The van der Waals surface area contributed by atoms with Crippen molar-refractivity contribution >= 4 is 27.3 Å². The van der Waals surface area contributed by atoms with E-state index in [0.717, 1.165) is 16.3 Å². The first-order valence-electron chi connectivity index (χ1n) is 5.57. The van der Waals surface area contributed by atoms with Gasteiger partial charge in [0.1, 0.15) is 5.82 Å². The van der Waals surface area contributed by atoms with Crippen LogP contribution in [0.4, 0.5) is 4.39 Å². The maximum absolute atomic E-state index is 13.1. The van der Waals surface area contributed by atoms with E-state index in [1.165, 1.54) is 6.07 Å². The van der Waals surface area contributed by atoms with Crippen molar-refractivity contribution in [1.82, 2.24) is 4.98 Å². The Kier molecular flexibility index (Phi) is 4.48. The normalized spacial score (nSPS) is 12.7. The summed E-state index contributed by atoms with van der Waals surface area (Å²) in [6.45, 7) is 1.94. The van der Waals surface area contributed by atoms with Gasteiger partial charge in [0.2, 0.25) is 0 Å². The van der Waals surface area contributed by atoms with Gasteiger partial charge in [-0.1, -0.05) is 6.07 Å². The molecule has 1 unspecified atom stereocenters. The molecule has 5 heteroatoms. The number of aryl methyl sites for hydroxylation is 1. The lowest BCUT2D eigenvalue weighted by Crippen LogP contribution is -2.14. The molecule has 2 aromatic rings. The van der Waals surface area contributed by atoms with Gasteiger partial charge in [-0.2, -0.15) is 0 Å². The van der Waals surface area contributed by atoms with Crippen LogP contribution in [0.5, 0.6) is 0 Å². The zero-order chi connectivity index (χ0) is 13.1. The van der Waals surface area contributed by atoms with Gasteiger partial charge in [0.15, 0.2) is 0 Å². The molecule has 0 saturated heterocycles. The van der Waals surface area contributed by atoms with Gasteiger partial charge in [0.05, 0.1) is 21.3 Å². The summed E-state index contributed by atoms with van der Waals surface area (Å²) in [6, 6.07) is 4.79. The average Bonchev–Trinajstić information content (AvgIpc) is 2.69. The van der Waals surface area contributed by atoms with Gasteiger partial charge < -0.3 is 5.11 Å². The van der Waals surface area contributed by atoms with Crippen molar-refractivity contribution in [2.75, 3.05) is 0 Å². The zero-order valence-corrected chi connectivity index (χ0v) is 12.3. The fourth-order valence-electron chi connectivity index (χ4n) is 1.75. The molecule has 0 radical (unpaired) electrons. The third-order valence-electron chi connectivity index (χ3n) is 2.57. The molecule has 0 amide bonds. The Labute approximate surface area is 118 Å². The Morgan fingerprint density at radius 2 is 2.22 bits per heavy atom. The molecule has 1 atom stereocenters. The second kappa shape index (κ2) is 5.91. The minimum absolute atomic E-state index is 0.289. The summed E-state index contributed by atoms with van der Waals surface area (Å²) in [6.07, 6.45) is 0.526. The molecular weight excluding hydrogens is 317 g/mol. The summed E-state index contributed by atoms with van der Waals surface area (Å²) < 4.78 is 13.5. The van der Waals surface area contributed by atoms with E-state index in [4.69, 9.17) is 0 Å². The number of halogens is 2. The van der Waals surface area contributed by atoms with E-state index in [9.17, 15) is 9.50 Å². The topological polar surface area (TPSA) is 33.1 Å². The summed E-state index contributed by atoms with van der Waals surface area (Å²) in [4.78, 5) is 4.31. The number of benzene rings is 1. The molecule has 1 N–H and O–H groups in total. The Hall–Kier alpha value is -0.780. The van der Waals surface area contributed by atoms with Crippen LogP contribution in [0.25, 0.3) is 0 Å². The van der Waals surface area contributed by atoms with Crippen LogP contribution in [-0.2, 0) is 12.8 Å². The van der Waals surface area contributed by atoms with E-state index in [0.29, 0.717) is 17.3 Å². The monoisotopic (exact) mass is 329 g/mol. The first-order chi connectivity index (χ1) is 8.54. The van der Waals surface area contributed by atoms with Crippen molar-refractivity contribution in [2.24, 2.45) is 0 Å². The van der Waals surface area contributed by atoms with Crippen LogP contribution in [0.3, 0.4) is 0 Å². The number of hydrogen-bond acceptors (Lipinski definition) is 3. The number of aliphatic hydroxyl groups excluding tert-OH is 1. The first kappa shape index (κ1) is 13.6. The quantitative estimate of drug-likeness (QED) is 0.931. The number of thiazole rings is 1. The number of hydrogen-bond donors (Lipinski definition) is 1. The van der Waals surface area contributed by atoms with Gasteiger partial charge >= 0.3 is 0 Å². The Morgan fingerprint density at radius 1 is 1.44 bits per heavy atom. The Morgan fingerprint density at radius 3 is 2.83 bits per heavy atom. The molecule has 0 aliphatic carbocycles. The third-order valence-corrected chi connectivity index (χ3v) is 4.00. The molecule has 1 heterocycles. The number of aliphatic hydroxyl groups is 1. The van der Waals surface area contributed by atoms with Crippen LogP contribution in [0.1, 0.15) is 16.3 Å². The molecule has 18 heavy (non-hydrogen) atoms. The third kappa shape index (κ3) is 3.60. The molecule has 96 valence electrons. The Balaban J connectivity index is 1.98. The van der Waals surface area contributed by atoms with Crippen molar-refractivity contribution < 1.29 is 9.50 Å². The summed E-state index contributed by atoms with van der Waals surface area (Å²) in [5, 5.41) is 12.9. The minimum atomic E-state index is -0.496. The number of nitrogens with zero attached hydrogens (tertiary/aromatic N) is 1. The van der Waals surface area contributed by atoms with Crippen molar-refractivity contribution in [1.29, 1.82) is 0 Å². The van der Waals surface area contributed by atoms with Gasteiger partial charge in [-0.25, -0.2) is 9.37 Å². The van der Waals surface area contributed by atoms with Gasteiger partial charge in [-0.05, 0) is 47.0 Å². The van der Waals surface area contributed by atoms with Gasteiger partial charge in [0.25, 0.3) is 0 Å². The lowest BCUT2D eigenvalue weighted by molar-refractivity contribution is 0.174. The molecule has 1 aromatic carbocycles. The molecule has 1 aromatic heterocycles. The van der Waals surface area contributed by atoms with E-state index in [-0.39, 0.29) is 5.82 Å². The van der Waals surface area contributed by atoms with E-state index in [1.54, 1.807) is 23.5 Å². The highest BCUT2D eigenvalue weighted by Gasteiger charge is 2.10. The fraction of sp³-hybridized carbons (Fsp3) is 0.308. The second-order valence-electron chi connectivity index (χ2n) is 4.17. The summed E-state index contributed by atoms with van der Waals surface area (Å²) in [7, 11) is 0. The van der Waals surface area contributed by atoms with Crippen LogP contribution in [0.2, 0.25) is 0 Å². The van der Waals surface area contributed by atoms with E-state index in [2.05, 4.69) is 20.9 Å². The fourth-order valence-corrected chi connectivity index (χ4v) is 2.81. The molecule has 0 bridgehead atoms. The van der Waals surface area contributed by atoms with Crippen molar-refractivity contribution in [3.63, 3.8) is 0 Å². The van der Waals surface area contributed by atoms with E-state index >= 15 is 0 Å². The highest BCUT2D eigenvalue weighted by Crippen LogP contribution is 2.19. The van der Waals surface area contributed by atoms with Crippen LogP contribution in [0, 0.1) is 12.7 Å². The highest BCUT2D eigenvalue weighted by molar-refractivity contribution is 9.10. The Bertz CT molecular complexity index is 544. The molecule has 0 aliphatic rings. The predicted molar refractivity (Wildman–Crippen MR) is 74.4 cm³/mol. The molecular formula is C13H13BrFNOS. The minimum Gasteiger partial charge on any atom is -0.392 e. The summed E-state index contributed by atoms with van der Waals surface area (Å²) in [5.41, 5.74) is 1.81. The first-order valence-corrected chi connectivity index (χ1v) is 7.25. The molecule has 0 saturated carbocycles. The number of rotatable bonds is 4. The number of aromatic nitrogens is 1. The van der Waals surface area contributed by atoms with Crippen LogP contribution < -0.4 is 0 Å². The largest absolute Gasteiger partial charge is 0.392 e. The van der Waals surface area contributed by atoms with Crippen LogP contribution in [0.15, 0.2) is 28.1 Å². The molecule has 0 fully saturated rings. The maximum atomic E-state index is 13.1. The van der Waals surface area contributed by atoms with Crippen molar-refractivity contribution in [3.05, 3.63) is 50.1 Å². The maximum Gasteiger partial charge on any atom is 0.137 e. The van der Waals surface area contributed by atoms with Crippen molar-refractivity contribution in [3.8, 4) is 0 Å². The van der Waals surface area contributed by atoms with E-state index < -0.39 is 6.10 Å². The molecule has 2 nitrogen and oxygen atoms in total. The zero-order valence-electron chi connectivity index (χ0n) is 9.86.